The van der Waals surface area contributed by atoms with Crippen molar-refractivity contribution in [3.05, 3.63) is 28.2 Å². The summed E-state index contributed by atoms with van der Waals surface area (Å²) in [4.78, 5) is 13.8. The van der Waals surface area contributed by atoms with Gasteiger partial charge in [-0.05, 0) is 51.6 Å². The molecular weight excluding hydrogens is 348 g/mol. The second-order valence-corrected chi connectivity index (χ2v) is 6.66. The normalized spacial score (nSPS) is 12.7. The van der Waals surface area contributed by atoms with Crippen LogP contribution in [-0.4, -0.2) is 54.9 Å². The standard InChI is InChI=1S/C16H25BrN2O3/c1-11(2)22-10-14(20)8-19(4)9-16(21)18-15-6-5-13(17)7-12(15)3/h5-7,11,14,20H,8-10H2,1-4H3,(H,18,21). The fraction of sp³-hybridized carbons (Fsp3) is 0.562. The maximum atomic E-state index is 12.0. The van der Waals surface area contributed by atoms with Gasteiger partial charge in [-0.15, -0.1) is 0 Å². The van der Waals surface area contributed by atoms with Crippen molar-refractivity contribution in [1.29, 1.82) is 0 Å². The second kappa shape index (κ2) is 9.25. The van der Waals surface area contributed by atoms with Crippen LogP contribution in [0.2, 0.25) is 0 Å². The van der Waals surface area contributed by atoms with Crippen molar-refractivity contribution in [3.8, 4) is 0 Å². The molecule has 2 N–H and O–H groups in total. The minimum Gasteiger partial charge on any atom is -0.389 e. The Balaban J connectivity index is 2.40. The van der Waals surface area contributed by atoms with Crippen molar-refractivity contribution in [2.75, 3.05) is 32.1 Å². The molecular formula is C16H25BrN2O3. The molecule has 6 heteroatoms. The van der Waals surface area contributed by atoms with Gasteiger partial charge in [-0.25, -0.2) is 0 Å². The first-order valence-corrected chi connectivity index (χ1v) is 8.11. The topological polar surface area (TPSA) is 61.8 Å². The monoisotopic (exact) mass is 372 g/mol. The molecule has 5 nitrogen and oxygen atoms in total. The lowest BCUT2D eigenvalue weighted by molar-refractivity contribution is -0.117. The average Bonchev–Trinajstić information content (AvgIpc) is 2.39. The molecule has 1 aromatic carbocycles. The van der Waals surface area contributed by atoms with Crippen LogP contribution >= 0.6 is 15.9 Å². The molecule has 22 heavy (non-hydrogen) atoms. The van der Waals surface area contributed by atoms with Crippen LogP contribution in [-0.2, 0) is 9.53 Å². The Kier molecular flexibility index (Phi) is 8.03. The first kappa shape index (κ1) is 19.1. The lowest BCUT2D eigenvalue weighted by Crippen LogP contribution is -2.37. The molecule has 1 atom stereocenters. The maximum Gasteiger partial charge on any atom is 0.238 e. The zero-order chi connectivity index (χ0) is 16.7. The van der Waals surface area contributed by atoms with Gasteiger partial charge in [0.15, 0.2) is 0 Å². The van der Waals surface area contributed by atoms with E-state index in [-0.39, 0.29) is 25.2 Å². The number of aryl methyl sites for hydroxylation is 1. The van der Waals surface area contributed by atoms with Crippen molar-refractivity contribution in [2.45, 2.75) is 33.0 Å². The van der Waals surface area contributed by atoms with E-state index in [9.17, 15) is 9.90 Å². The maximum absolute atomic E-state index is 12.0. The summed E-state index contributed by atoms with van der Waals surface area (Å²) in [7, 11) is 1.80. The summed E-state index contributed by atoms with van der Waals surface area (Å²) in [6, 6.07) is 5.70. The van der Waals surface area contributed by atoms with Crippen molar-refractivity contribution < 1.29 is 14.6 Å². The Morgan fingerprint density at radius 3 is 2.73 bits per heavy atom. The van der Waals surface area contributed by atoms with E-state index in [0.29, 0.717) is 6.54 Å². The molecule has 0 bridgehead atoms. The zero-order valence-electron chi connectivity index (χ0n) is 13.6. The molecule has 0 aliphatic rings. The summed E-state index contributed by atoms with van der Waals surface area (Å²) in [6.45, 7) is 6.66. The third kappa shape index (κ3) is 7.35. The first-order chi connectivity index (χ1) is 10.3. The number of halogens is 1. The molecule has 0 aliphatic carbocycles. The van der Waals surface area contributed by atoms with Gasteiger partial charge in [0.1, 0.15) is 0 Å². The Labute approximate surface area is 140 Å². The molecule has 0 saturated heterocycles. The van der Waals surface area contributed by atoms with Crippen LogP contribution in [0.15, 0.2) is 22.7 Å². The molecule has 1 amide bonds. The molecule has 1 unspecified atom stereocenters. The molecule has 0 saturated carbocycles. The van der Waals surface area contributed by atoms with E-state index in [1.165, 1.54) is 0 Å². The van der Waals surface area contributed by atoms with Gasteiger partial charge in [-0.3, -0.25) is 9.69 Å². The zero-order valence-corrected chi connectivity index (χ0v) is 15.2. The first-order valence-electron chi connectivity index (χ1n) is 7.32. The lowest BCUT2D eigenvalue weighted by atomic mass is 10.2. The number of hydrogen-bond donors (Lipinski definition) is 2. The number of carbonyl (C=O) groups is 1. The van der Waals surface area contributed by atoms with Gasteiger partial charge in [-0.1, -0.05) is 15.9 Å². The number of aliphatic hydroxyl groups excluding tert-OH is 1. The predicted molar refractivity (Wildman–Crippen MR) is 92.1 cm³/mol. The smallest absolute Gasteiger partial charge is 0.238 e. The van der Waals surface area contributed by atoms with E-state index in [4.69, 9.17) is 4.74 Å². The van der Waals surface area contributed by atoms with E-state index in [2.05, 4.69) is 21.2 Å². The minimum atomic E-state index is -0.602. The Morgan fingerprint density at radius 2 is 2.14 bits per heavy atom. The number of carbonyl (C=O) groups excluding carboxylic acids is 1. The van der Waals surface area contributed by atoms with Gasteiger partial charge >= 0.3 is 0 Å². The molecule has 0 heterocycles. The molecule has 124 valence electrons. The summed E-state index contributed by atoms with van der Waals surface area (Å²) in [5.74, 6) is -0.107. The number of aliphatic hydroxyl groups is 1. The van der Waals surface area contributed by atoms with Crippen LogP contribution in [0.4, 0.5) is 5.69 Å². The molecule has 0 aliphatic heterocycles. The molecule has 1 aromatic rings. The number of benzene rings is 1. The second-order valence-electron chi connectivity index (χ2n) is 5.74. The number of likely N-dealkylation sites (N-methyl/N-ethyl adjacent to an activating group) is 1. The molecule has 0 spiro atoms. The largest absolute Gasteiger partial charge is 0.389 e. The van der Waals surface area contributed by atoms with Gasteiger partial charge in [0.2, 0.25) is 5.91 Å². The van der Waals surface area contributed by atoms with Crippen LogP contribution in [0.1, 0.15) is 19.4 Å². The SMILES string of the molecule is Cc1cc(Br)ccc1NC(=O)CN(C)CC(O)COC(C)C. The number of nitrogens with one attached hydrogen (secondary N) is 1. The highest BCUT2D eigenvalue weighted by molar-refractivity contribution is 9.10. The van der Waals surface area contributed by atoms with Crippen LogP contribution in [0.3, 0.4) is 0 Å². The highest BCUT2D eigenvalue weighted by Crippen LogP contribution is 2.19. The number of ether oxygens (including phenoxy) is 1. The lowest BCUT2D eigenvalue weighted by Gasteiger charge is -2.21. The van der Waals surface area contributed by atoms with Crippen LogP contribution in [0, 0.1) is 6.92 Å². The number of hydrogen-bond acceptors (Lipinski definition) is 4. The number of amides is 1. The van der Waals surface area contributed by atoms with Gasteiger partial charge < -0.3 is 15.2 Å². The summed E-state index contributed by atoms with van der Waals surface area (Å²) >= 11 is 3.39. The van der Waals surface area contributed by atoms with E-state index in [1.807, 2.05) is 39.0 Å². The summed E-state index contributed by atoms with van der Waals surface area (Å²) in [5, 5.41) is 12.7. The van der Waals surface area contributed by atoms with Crippen LogP contribution in [0.25, 0.3) is 0 Å². The molecule has 0 aromatic heterocycles. The summed E-state index contributed by atoms with van der Waals surface area (Å²) < 4.78 is 6.33. The van der Waals surface area contributed by atoms with Gasteiger partial charge in [0, 0.05) is 16.7 Å². The summed E-state index contributed by atoms with van der Waals surface area (Å²) in [6.07, 6.45) is -0.516. The number of nitrogens with zero attached hydrogens (tertiary/aromatic N) is 1. The molecule has 0 fully saturated rings. The van der Waals surface area contributed by atoms with E-state index in [1.54, 1.807) is 11.9 Å². The highest BCUT2D eigenvalue weighted by Gasteiger charge is 2.13. The van der Waals surface area contributed by atoms with Crippen molar-refractivity contribution >= 4 is 27.5 Å². The van der Waals surface area contributed by atoms with E-state index < -0.39 is 6.10 Å². The number of rotatable bonds is 8. The van der Waals surface area contributed by atoms with Gasteiger partial charge in [0.05, 0.1) is 25.4 Å². The number of anilines is 1. The van der Waals surface area contributed by atoms with Gasteiger partial charge in [0.25, 0.3) is 0 Å². The Bertz CT molecular complexity index is 494. The van der Waals surface area contributed by atoms with Crippen molar-refractivity contribution in [2.24, 2.45) is 0 Å². The van der Waals surface area contributed by atoms with E-state index >= 15 is 0 Å². The van der Waals surface area contributed by atoms with Crippen molar-refractivity contribution in [3.63, 3.8) is 0 Å². The fourth-order valence-electron chi connectivity index (χ4n) is 1.98. The van der Waals surface area contributed by atoms with Crippen molar-refractivity contribution in [1.82, 2.24) is 4.90 Å². The Morgan fingerprint density at radius 1 is 1.45 bits per heavy atom. The third-order valence-corrected chi connectivity index (χ3v) is 3.51. The highest BCUT2D eigenvalue weighted by atomic mass is 79.9. The Hall–Kier alpha value is -0.950. The molecule has 0 radical (unpaired) electrons. The quantitative estimate of drug-likeness (QED) is 0.735. The minimum absolute atomic E-state index is 0.0867. The summed E-state index contributed by atoms with van der Waals surface area (Å²) in [5.41, 5.74) is 1.79. The van der Waals surface area contributed by atoms with Crippen LogP contribution in [0.5, 0.6) is 0 Å². The van der Waals surface area contributed by atoms with Gasteiger partial charge in [-0.2, -0.15) is 0 Å². The van der Waals surface area contributed by atoms with E-state index in [0.717, 1.165) is 15.7 Å². The molecule has 1 rings (SSSR count). The third-order valence-electron chi connectivity index (χ3n) is 3.02. The fourth-order valence-corrected chi connectivity index (χ4v) is 2.46. The average molecular weight is 373 g/mol. The predicted octanol–water partition coefficient (Wildman–Crippen LogP) is 2.41. The van der Waals surface area contributed by atoms with Crippen LogP contribution < -0.4 is 5.32 Å².